The number of hydrogen-bond donors (Lipinski definition) is 2. The van der Waals surface area contributed by atoms with Gasteiger partial charge in [0.2, 0.25) is 5.95 Å². The van der Waals surface area contributed by atoms with E-state index >= 15 is 0 Å². The highest BCUT2D eigenvalue weighted by molar-refractivity contribution is 6.31. The molecule has 3 aromatic heterocycles. The average molecular weight is 642 g/mol. The standard InChI is InChI=1S/C30H31ClF3N9O2/c1-16-7-21(44)15-41(16)14-20-5-6-42(20)30-36-8-18(9-37-30)17(2)43-13-19(10-38-43)39-29(45)25-12-35-11-24(40-25)26-22(28(33)34)3-4-23(31)27(26)32/h3-4,8-13,16-17,20-21,28,44H,5-7,14-15H2,1-2H3,(H,39,45)/t16-,17?,20?,21-/m1/s1. The van der Waals surface area contributed by atoms with Gasteiger partial charge in [-0.1, -0.05) is 17.7 Å². The third-order valence-electron chi connectivity index (χ3n) is 8.41. The number of aromatic nitrogens is 6. The van der Waals surface area contributed by atoms with Gasteiger partial charge < -0.3 is 15.3 Å². The van der Waals surface area contributed by atoms with Gasteiger partial charge in [0, 0.05) is 67.0 Å². The highest BCUT2D eigenvalue weighted by atomic mass is 35.5. The van der Waals surface area contributed by atoms with E-state index in [1.54, 1.807) is 23.3 Å². The summed E-state index contributed by atoms with van der Waals surface area (Å²) in [4.78, 5) is 34.7. The predicted octanol–water partition coefficient (Wildman–Crippen LogP) is 4.76. The monoisotopic (exact) mass is 641 g/mol. The Labute approximate surface area is 262 Å². The topological polar surface area (TPSA) is 125 Å². The Hall–Kier alpha value is -4.14. The third-order valence-corrected chi connectivity index (χ3v) is 8.70. The van der Waals surface area contributed by atoms with Gasteiger partial charge in [0.1, 0.15) is 5.69 Å². The van der Waals surface area contributed by atoms with Crippen molar-refractivity contribution in [3.63, 3.8) is 0 Å². The molecule has 15 heteroatoms. The Balaban J connectivity index is 1.11. The summed E-state index contributed by atoms with van der Waals surface area (Å²) in [5.74, 6) is -1.10. The number of rotatable bonds is 9. The summed E-state index contributed by atoms with van der Waals surface area (Å²) >= 11 is 5.82. The maximum absolute atomic E-state index is 14.7. The second-order valence-corrected chi connectivity index (χ2v) is 11.8. The zero-order valence-electron chi connectivity index (χ0n) is 24.5. The second kappa shape index (κ2) is 12.7. The van der Waals surface area contributed by atoms with Gasteiger partial charge in [0.15, 0.2) is 5.82 Å². The summed E-state index contributed by atoms with van der Waals surface area (Å²) in [6.07, 6.45) is 7.41. The third kappa shape index (κ3) is 6.35. The van der Waals surface area contributed by atoms with Crippen LogP contribution in [0.1, 0.15) is 60.8 Å². The molecular formula is C30H31ClF3N9O2. The Kier molecular flexibility index (Phi) is 8.71. The van der Waals surface area contributed by atoms with Crippen LogP contribution >= 0.6 is 11.6 Å². The van der Waals surface area contributed by atoms with E-state index in [0.29, 0.717) is 30.3 Å². The lowest BCUT2D eigenvalue weighted by atomic mass is 10.0. The van der Waals surface area contributed by atoms with Gasteiger partial charge in [0.25, 0.3) is 12.3 Å². The first-order valence-electron chi connectivity index (χ1n) is 14.5. The van der Waals surface area contributed by atoms with Gasteiger partial charge in [-0.05, 0) is 32.8 Å². The summed E-state index contributed by atoms with van der Waals surface area (Å²) in [5, 5.41) is 16.6. The number of aliphatic hydroxyl groups is 1. The molecule has 2 fully saturated rings. The Bertz CT molecular complexity index is 1690. The van der Waals surface area contributed by atoms with Crippen LogP contribution in [-0.4, -0.2) is 83.5 Å². The summed E-state index contributed by atoms with van der Waals surface area (Å²) in [7, 11) is 0. The van der Waals surface area contributed by atoms with E-state index in [4.69, 9.17) is 11.6 Å². The molecule has 2 unspecified atom stereocenters. The Morgan fingerprint density at radius 3 is 2.62 bits per heavy atom. The van der Waals surface area contributed by atoms with E-state index in [9.17, 15) is 23.1 Å². The van der Waals surface area contributed by atoms with Crippen molar-refractivity contribution in [3.8, 4) is 11.3 Å². The molecular weight excluding hydrogens is 611 g/mol. The van der Waals surface area contributed by atoms with Crippen molar-refractivity contribution in [1.82, 2.24) is 34.6 Å². The van der Waals surface area contributed by atoms with Gasteiger partial charge >= 0.3 is 0 Å². The molecule has 0 radical (unpaired) electrons. The molecule has 2 N–H and O–H groups in total. The maximum atomic E-state index is 14.7. The molecule has 4 aromatic rings. The highest BCUT2D eigenvalue weighted by Gasteiger charge is 2.36. The van der Waals surface area contributed by atoms with E-state index in [2.05, 4.69) is 47.1 Å². The Morgan fingerprint density at radius 1 is 1.18 bits per heavy atom. The highest BCUT2D eigenvalue weighted by Crippen LogP contribution is 2.35. The Morgan fingerprint density at radius 2 is 1.96 bits per heavy atom. The van der Waals surface area contributed by atoms with E-state index in [-0.39, 0.29) is 28.6 Å². The fourth-order valence-corrected chi connectivity index (χ4v) is 5.91. The fraction of sp³-hybridized carbons (Fsp3) is 0.400. The molecule has 5 heterocycles. The number of β-amino-alcohol motifs (C(OH)–C–C–N with tert-alkyl or cyclic N) is 1. The largest absolute Gasteiger partial charge is 0.392 e. The number of carbonyl (C=O) groups is 1. The SMILES string of the molecule is CC(c1cnc(N2CCC2CN2C[C@H](O)C[C@H]2C)nc1)n1cc(NC(=O)c2cncc(-c3c(C(F)F)ccc(Cl)c3F)n2)cn1. The number of anilines is 2. The summed E-state index contributed by atoms with van der Waals surface area (Å²) < 4.78 is 43.5. The van der Waals surface area contributed by atoms with Crippen molar-refractivity contribution < 1.29 is 23.1 Å². The van der Waals surface area contributed by atoms with Crippen LogP contribution < -0.4 is 10.2 Å². The molecule has 4 atom stereocenters. The molecule has 45 heavy (non-hydrogen) atoms. The van der Waals surface area contributed by atoms with Crippen molar-refractivity contribution >= 4 is 29.1 Å². The zero-order chi connectivity index (χ0) is 31.8. The summed E-state index contributed by atoms with van der Waals surface area (Å²) in [6, 6.07) is 2.45. The first kappa shape index (κ1) is 30.9. The number of amides is 1. The summed E-state index contributed by atoms with van der Waals surface area (Å²) in [5.41, 5.74) is -0.428. The summed E-state index contributed by atoms with van der Waals surface area (Å²) in [6.45, 7) is 6.49. The van der Waals surface area contributed by atoms with Crippen LogP contribution in [0.3, 0.4) is 0 Å². The number of carbonyl (C=O) groups excluding carboxylic acids is 1. The van der Waals surface area contributed by atoms with Gasteiger partial charge in [-0.2, -0.15) is 5.10 Å². The molecule has 1 amide bonds. The molecule has 6 rings (SSSR count). The number of aliphatic hydroxyl groups excluding tert-OH is 1. The predicted molar refractivity (Wildman–Crippen MR) is 161 cm³/mol. The van der Waals surface area contributed by atoms with E-state index in [1.807, 2.05) is 6.92 Å². The van der Waals surface area contributed by atoms with Crippen molar-refractivity contribution in [2.75, 3.05) is 29.9 Å². The van der Waals surface area contributed by atoms with Crippen LogP contribution in [0.15, 0.2) is 49.3 Å². The van der Waals surface area contributed by atoms with E-state index < -0.39 is 29.3 Å². The lowest BCUT2D eigenvalue weighted by molar-refractivity contribution is 0.102. The normalized spacial score (nSPS) is 20.8. The van der Waals surface area contributed by atoms with Crippen molar-refractivity contribution in [2.24, 2.45) is 0 Å². The molecule has 2 saturated heterocycles. The molecule has 236 valence electrons. The number of alkyl halides is 2. The fourth-order valence-electron chi connectivity index (χ4n) is 5.75. The minimum Gasteiger partial charge on any atom is -0.392 e. The lowest BCUT2D eigenvalue weighted by Crippen LogP contribution is -2.55. The lowest BCUT2D eigenvalue weighted by Gasteiger charge is -2.43. The second-order valence-electron chi connectivity index (χ2n) is 11.4. The number of hydrogen-bond acceptors (Lipinski definition) is 9. The van der Waals surface area contributed by atoms with E-state index in [0.717, 1.165) is 56.0 Å². The van der Waals surface area contributed by atoms with Crippen LogP contribution in [0.2, 0.25) is 5.02 Å². The van der Waals surface area contributed by atoms with Gasteiger partial charge in [-0.25, -0.2) is 28.1 Å². The van der Waals surface area contributed by atoms with Gasteiger partial charge in [0.05, 0.1) is 47.1 Å². The zero-order valence-corrected chi connectivity index (χ0v) is 25.2. The molecule has 0 aliphatic carbocycles. The molecule has 2 aliphatic rings. The van der Waals surface area contributed by atoms with Crippen LogP contribution in [-0.2, 0) is 0 Å². The van der Waals surface area contributed by atoms with Gasteiger partial charge in [-0.3, -0.25) is 19.4 Å². The van der Waals surface area contributed by atoms with Crippen molar-refractivity contribution in [2.45, 2.75) is 57.3 Å². The number of nitrogens with zero attached hydrogens (tertiary/aromatic N) is 8. The molecule has 0 saturated carbocycles. The van der Waals surface area contributed by atoms with Crippen molar-refractivity contribution in [3.05, 3.63) is 77.0 Å². The number of nitrogens with one attached hydrogen (secondary N) is 1. The van der Waals surface area contributed by atoms with Crippen LogP contribution in [0, 0.1) is 5.82 Å². The van der Waals surface area contributed by atoms with Crippen LogP contribution in [0.25, 0.3) is 11.3 Å². The maximum Gasteiger partial charge on any atom is 0.275 e. The smallest absolute Gasteiger partial charge is 0.275 e. The van der Waals surface area contributed by atoms with Crippen LogP contribution in [0.5, 0.6) is 0 Å². The molecule has 11 nitrogen and oxygen atoms in total. The first-order valence-corrected chi connectivity index (χ1v) is 14.9. The quantitative estimate of drug-likeness (QED) is 0.266. The molecule has 0 spiro atoms. The minimum atomic E-state index is -2.99. The van der Waals surface area contributed by atoms with E-state index in [1.165, 1.54) is 6.20 Å². The average Bonchev–Trinajstić information content (AvgIpc) is 3.61. The molecule has 1 aromatic carbocycles. The van der Waals surface area contributed by atoms with Gasteiger partial charge in [-0.15, -0.1) is 0 Å². The first-order chi connectivity index (χ1) is 21.6. The molecule has 2 aliphatic heterocycles. The molecule has 0 bridgehead atoms. The number of halogens is 4. The number of likely N-dealkylation sites (tertiary alicyclic amines) is 1. The van der Waals surface area contributed by atoms with Crippen LogP contribution in [0.4, 0.5) is 24.8 Å². The number of benzene rings is 1. The minimum absolute atomic E-state index is 0.212. The van der Waals surface area contributed by atoms with Crippen molar-refractivity contribution in [1.29, 1.82) is 0 Å².